The maximum Gasteiger partial charge on any atom is 0.387 e. The highest BCUT2D eigenvalue weighted by Gasteiger charge is 2.27. The van der Waals surface area contributed by atoms with Crippen molar-refractivity contribution in [3.8, 4) is 5.75 Å². The van der Waals surface area contributed by atoms with Gasteiger partial charge in [-0.2, -0.15) is 8.78 Å². The smallest absolute Gasteiger partial charge is 0.387 e. The molecule has 8 nitrogen and oxygen atoms in total. The van der Waals surface area contributed by atoms with E-state index in [-0.39, 0.29) is 54.7 Å². The molecule has 2 aliphatic rings. The zero-order valence-corrected chi connectivity index (χ0v) is 15.3. The lowest BCUT2D eigenvalue weighted by Crippen LogP contribution is -2.51. The van der Waals surface area contributed by atoms with Crippen molar-refractivity contribution in [1.82, 2.24) is 5.32 Å². The fraction of sp³-hybridized carbons (Fsp3) is 0.556. The van der Waals surface area contributed by atoms with Gasteiger partial charge in [0.05, 0.1) is 18.3 Å². The molecule has 0 radical (unpaired) electrons. The van der Waals surface area contributed by atoms with Crippen LogP contribution in [0, 0.1) is 0 Å². The van der Waals surface area contributed by atoms with Gasteiger partial charge < -0.3 is 30.7 Å². The number of morpholine rings is 1. The van der Waals surface area contributed by atoms with E-state index in [4.69, 9.17) is 10.5 Å². The number of rotatable bonds is 8. The van der Waals surface area contributed by atoms with E-state index in [1.54, 1.807) is 0 Å². The lowest BCUT2D eigenvalue weighted by molar-refractivity contribution is -0.125. The van der Waals surface area contributed by atoms with Crippen LogP contribution < -0.4 is 26.0 Å². The molecule has 4 N–H and O–H groups in total. The molecule has 1 aromatic carbocycles. The van der Waals surface area contributed by atoms with E-state index in [9.17, 15) is 18.4 Å². The highest BCUT2D eigenvalue weighted by atomic mass is 19.3. The molecule has 1 atom stereocenters. The second-order valence-corrected chi connectivity index (χ2v) is 6.73. The van der Waals surface area contributed by atoms with Crippen LogP contribution in [0.15, 0.2) is 18.2 Å². The minimum absolute atomic E-state index is 0.114. The lowest BCUT2D eigenvalue weighted by Gasteiger charge is -2.30. The molecular weight excluding hydrogens is 374 g/mol. The van der Waals surface area contributed by atoms with Gasteiger partial charge >= 0.3 is 6.61 Å². The molecule has 0 aromatic heterocycles. The van der Waals surface area contributed by atoms with E-state index in [2.05, 4.69) is 15.4 Å². The zero-order chi connectivity index (χ0) is 20.1. The molecule has 2 fully saturated rings. The van der Waals surface area contributed by atoms with Crippen LogP contribution in [-0.4, -0.2) is 56.8 Å². The molecule has 1 heterocycles. The summed E-state index contributed by atoms with van der Waals surface area (Å²) < 4.78 is 35.4. The second kappa shape index (κ2) is 9.26. The number of hydrogen-bond acceptors (Lipinski definition) is 6. The van der Waals surface area contributed by atoms with E-state index < -0.39 is 12.7 Å². The van der Waals surface area contributed by atoms with E-state index in [0.29, 0.717) is 6.61 Å². The Morgan fingerprint density at radius 3 is 2.79 bits per heavy atom. The van der Waals surface area contributed by atoms with Crippen LogP contribution in [0.4, 0.5) is 20.2 Å². The highest BCUT2D eigenvalue weighted by Crippen LogP contribution is 2.33. The normalized spacial score (nSPS) is 18.7. The predicted molar refractivity (Wildman–Crippen MR) is 98.5 cm³/mol. The number of carbonyl (C=O) groups is 2. The summed E-state index contributed by atoms with van der Waals surface area (Å²) in [6.07, 6.45) is 3.11. The van der Waals surface area contributed by atoms with E-state index in [0.717, 1.165) is 19.3 Å². The molecule has 1 aliphatic carbocycles. The molecular formula is C18H24F2N4O4. The zero-order valence-electron chi connectivity index (χ0n) is 15.3. The first kappa shape index (κ1) is 20.4. The Balaban J connectivity index is 1.75. The number of nitrogens with one attached hydrogen (secondary N) is 2. The van der Waals surface area contributed by atoms with Crippen molar-refractivity contribution >= 4 is 23.2 Å². The number of hydrogen-bond donors (Lipinski definition) is 3. The third-order valence-corrected chi connectivity index (χ3v) is 4.81. The van der Waals surface area contributed by atoms with E-state index >= 15 is 0 Å². The molecule has 3 rings (SSSR count). The van der Waals surface area contributed by atoms with Gasteiger partial charge in [-0.15, -0.1) is 0 Å². The Morgan fingerprint density at radius 2 is 2.18 bits per heavy atom. The molecule has 1 aliphatic heterocycles. The third kappa shape index (κ3) is 4.94. The summed E-state index contributed by atoms with van der Waals surface area (Å²) in [7, 11) is 0. The van der Waals surface area contributed by atoms with E-state index in [1.165, 1.54) is 23.1 Å². The van der Waals surface area contributed by atoms with Crippen molar-refractivity contribution in [2.24, 2.45) is 5.73 Å². The van der Waals surface area contributed by atoms with Crippen LogP contribution in [0.5, 0.6) is 5.75 Å². The standard InChI is InChI=1S/C18H24F2N4O4/c19-18(20)28-15-8-12(4-5-14(15)24-6-7-27-10-16(24)25)23-17(26)13(9-21)22-11-2-1-3-11/h4-5,8,11,13,18,22H,1-3,6-7,9-10,21H2,(H,23,26)/t13-/m1/s1. The highest BCUT2D eigenvalue weighted by molar-refractivity contribution is 5.98. The number of anilines is 2. The molecule has 10 heteroatoms. The summed E-state index contributed by atoms with van der Waals surface area (Å²) in [6.45, 7) is -2.56. The topological polar surface area (TPSA) is 106 Å². The van der Waals surface area contributed by atoms with Gasteiger partial charge in [-0.3, -0.25) is 9.59 Å². The van der Waals surface area contributed by atoms with Gasteiger partial charge in [0.15, 0.2) is 5.75 Å². The molecule has 0 unspecified atom stereocenters. The first-order valence-corrected chi connectivity index (χ1v) is 9.22. The van der Waals surface area contributed by atoms with Gasteiger partial charge in [0.1, 0.15) is 6.61 Å². The second-order valence-electron chi connectivity index (χ2n) is 6.73. The summed E-state index contributed by atoms with van der Waals surface area (Å²) >= 11 is 0. The summed E-state index contributed by atoms with van der Waals surface area (Å²) in [4.78, 5) is 25.8. The monoisotopic (exact) mass is 398 g/mol. The van der Waals surface area contributed by atoms with Crippen molar-refractivity contribution in [3.05, 3.63) is 18.2 Å². The van der Waals surface area contributed by atoms with Gasteiger partial charge in [-0.25, -0.2) is 0 Å². The number of benzene rings is 1. The Morgan fingerprint density at radius 1 is 1.39 bits per heavy atom. The summed E-state index contributed by atoms with van der Waals surface area (Å²) in [5, 5.41) is 5.85. The molecule has 0 bridgehead atoms. The fourth-order valence-corrected chi connectivity index (χ4v) is 3.12. The van der Waals surface area contributed by atoms with Crippen molar-refractivity contribution in [1.29, 1.82) is 0 Å². The predicted octanol–water partition coefficient (Wildman–Crippen LogP) is 1.06. The average molecular weight is 398 g/mol. The van der Waals surface area contributed by atoms with Crippen molar-refractivity contribution in [3.63, 3.8) is 0 Å². The largest absolute Gasteiger partial charge is 0.433 e. The Hall–Kier alpha value is -2.30. The molecule has 1 aromatic rings. The number of nitrogens with two attached hydrogens (primary N) is 1. The minimum atomic E-state index is -3.07. The molecule has 1 saturated carbocycles. The van der Waals surface area contributed by atoms with Gasteiger partial charge in [-0.1, -0.05) is 6.42 Å². The molecule has 28 heavy (non-hydrogen) atoms. The fourth-order valence-electron chi connectivity index (χ4n) is 3.12. The van der Waals surface area contributed by atoms with Crippen molar-refractivity contribution in [2.75, 3.05) is 36.5 Å². The SMILES string of the molecule is NC[C@@H](NC1CCC1)C(=O)Nc1ccc(N2CCOCC2=O)c(OC(F)F)c1. The van der Waals surface area contributed by atoms with E-state index in [1.807, 2.05) is 0 Å². The Kier molecular flexibility index (Phi) is 6.76. The molecule has 0 spiro atoms. The summed E-state index contributed by atoms with van der Waals surface area (Å²) in [5.41, 5.74) is 6.16. The minimum Gasteiger partial charge on any atom is -0.433 e. The Labute approximate surface area is 161 Å². The van der Waals surface area contributed by atoms with Crippen LogP contribution in [0.25, 0.3) is 0 Å². The van der Waals surface area contributed by atoms with Gasteiger partial charge in [0.2, 0.25) is 5.91 Å². The van der Waals surface area contributed by atoms with Crippen LogP contribution in [0.2, 0.25) is 0 Å². The van der Waals surface area contributed by atoms with Crippen LogP contribution in [0.1, 0.15) is 19.3 Å². The molecule has 2 amide bonds. The van der Waals surface area contributed by atoms with Gasteiger partial charge in [0.25, 0.3) is 5.91 Å². The van der Waals surface area contributed by atoms with Crippen LogP contribution >= 0.6 is 0 Å². The first-order valence-electron chi connectivity index (χ1n) is 9.22. The number of halogens is 2. The average Bonchev–Trinajstić information content (AvgIpc) is 2.61. The molecule has 1 saturated heterocycles. The maximum absolute atomic E-state index is 12.9. The summed E-state index contributed by atoms with van der Waals surface area (Å²) in [5.74, 6) is -0.901. The molecule has 154 valence electrons. The lowest BCUT2D eigenvalue weighted by atomic mass is 9.92. The maximum atomic E-state index is 12.9. The Bertz CT molecular complexity index is 715. The van der Waals surface area contributed by atoms with Crippen LogP contribution in [-0.2, 0) is 14.3 Å². The number of nitrogens with zero attached hydrogens (tertiary/aromatic N) is 1. The third-order valence-electron chi connectivity index (χ3n) is 4.81. The van der Waals surface area contributed by atoms with Crippen LogP contribution in [0.3, 0.4) is 0 Å². The van der Waals surface area contributed by atoms with Gasteiger partial charge in [0, 0.05) is 30.9 Å². The number of ether oxygens (including phenoxy) is 2. The quantitative estimate of drug-likeness (QED) is 0.605. The number of amides is 2. The van der Waals surface area contributed by atoms with Gasteiger partial charge in [-0.05, 0) is 25.0 Å². The van der Waals surface area contributed by atoms with Crippen molar-refractivity contribution < 1.29 is 27.8 Å². The summed E-state index contributed by atoms with van der Waals surface area (Å²) in [6, 6.07) is 3.97. The first-order chi connectivity index (χ1) is 13.5. The van der Waals surface area contributed by atoms with Crippen molar-refractivity contribution in [2.45, 2.75) is 38.0 Å². The number of carbonyl (C=O) groups excluding carboxylic acids is 2. The number of alkyl halides is 2.